The van der Waals surface area contributed by atoms with Crippen molar-refractivity contribution in [3.63, 3.8) is 0 Å². The Morgan fingerprint density at radius 2 is 2.00 bits per heavy atom. The molecule has 6 heteroatoms. The number of piperidine rings is 1. The van der Waals surface area contributed by atoms with E-state index in [2.05, 4.69) is 29.2 Å². The molecule has 1 fully saturated rings. The second kappa shape index (κ2) is 6.50. The minimum Gasteiger partial charge on any atom is -0.421 e. The molecule has 0 N–H and O–H groups in total. The van der Waals surface area contributed by atoms with E-state index in [-0.39, 0.29) is 5.91 Å². The molecular formula is C17H22N4O2. The number of carbonyl (C=O) groups is 1. The first-order valence-corrected chi connectivity index (χ1v) is 7.91. The standard InChI is InChI=1S/C17H22N4O2/c1-12-18-19-16(23-12)13-6-8-14(9-7-13)17(22)21-10-4-5-15(11-21)20(2)3/h6-9,15H,4-5,10-11H2,1-3H3. The van der Waals surface area contributed by atoms with Gasteiger partial charge in [0.2, 0.25) is 11.8 Å². The van der Waals surface area contributed by atoms with Crippen LogP contribution in [-0.2, 0) is 0 Å². The molecule has 122 valence electrons. The summed E-state index contributed by atoms with van der Waals surface area (Å²) in [5.41, 5.74) is 1.52. The van der Waals surface area contributed by atoms with E-state index in [0.717, 1.165) is 31.5 Å². The summed E-state index contributed by atoms with van der Waals surface area (Å²) < 4.78 is 5.40. The van der Waals surface area contributed by atoms with Crippen LogP contribution < -0.4 is 0 Å². The summed E-state index contributed by atoms with van der Waals surface area (Å²) in [6, 6.07) is 7.81. The van der Waals surface area contributed by atoms with Crippen molar-refractivity contribution >= 4 is 5.91 Å². The van der Waals surface area contributed by atoms with Gasteiger partial charge >= 0.3 is 0 Å². The number of hydrogen-bond donors (Lipinski definition) is 0. The van der Waals surface area contributed by atoms with Gasteiger partial charge < -0.3 is 14.2 Å². The van der Waals surface area contributed by atoms with Gasteiger partial charge in [-0.1, -0.05) is 0 Å². The predicted octanol–water partition coefficient (Wildman–Crippen LogP) is 2.21. The van der Waals surface area contributed by atoms with E-state index in [4.69, 9.17) is 4.42 Å². The third-order valence-electron chi connectivity index (χ3n) is 4.32. The van der Waals surface area contributed by atoms with E-state index in [0.29, 0.717) is 23.4 Å². The van der Waals surface area contributed by atoms with Crippen LogP contribution in [0.3, 0.4) is 0 Å². The lowest BCUT2D eigenvalue weighted by Gasteiger charge is -2.36. The van der Waals surface area contributed by atoms with E-state index in [9.17, 15) is 4.79 Å². The summed E-state index contributed by atoms with van der Waals surface area (Å²) in [5.74, 6) is 1.10. The summed E-state index contributed by atoms with van der Waals surface area (Å²) in [6.07, 6.45) is 2.19. The van der Waals surface area contributed by atoms with Gasteiger partial charge in [-0.05, 0) is 51.2 Å². The molecule has 1 unspecified atom stereocenters. The van der Waals surface area contributed by atoms with Crippen LogP contribution in [0.1, 0.15) is 29.1 Å². The molecule has 0 aliphatic carbocycles. The van der Waals surface area contributed by atoms with Gasteiger partial charge in [-0.2, -0.15) is 0 Å². The van der Waals surface area contributed by atoms with Gasteiger partial charge in [-0.15, -0.1) is 10.2 Å². The topological polar surface area (TPSA) is 62.5 Å². The van der Waals surface area contributed by atoms with E-state index in [1.807, 2.05) is 29.2 Å². The van der Waals surface area contributed by atoms with Crippen molar-refractivity contribution < 1.29 is 9.21 Å². The average molecular weight is 314 g/mol. The maximum atomic E-state index is 12.7. The molecule has 1 amide bonds. The zero-order valence-corrected chi connectivity index (χ0v) is 13.8. The SMILES string of the molecule is Cc1nnc(-c2ccc(C(=O)N3CCCC(N(C)C)C3)cc2)o1. The lowest BCUT2D eigenvalue weighted by Crippen LogP contribution is -2.47. The number of benzene rings is 1. The fourth-order valence-corrected chi connectivity index (χ4v) is 2.91. The van der Waals surface area contributed by atoms with Gasteiger partial charge in [0.1, 0.15) is 0 Å². The smallest absolute Gasteiger partial charge is 0.253 e. The first-order chi connectivity index (χ1) is 11.0. The van der Waals surface area contributed by atoms with Crippen LogP contribution in [0.2, 0.25) is 0 Å². The molecule has 1 aliphatic rings. The molecule has 6 nitrogen and oxygen atoms in total. The summed E-state index contributed by atoms with van der Waals surface area (Å²) >= 11 is 0. The monoisotopic (exact) mass is 314 g/mol. The lowest BCUT2D eigenvalue weighted by molar-refractivity contribution is 0.0635. The molecule has 1 atom stereocenters. The highest BCUT2D eigenvalue weighted by molar-refractivity contribution is 5.94. The molecule has 1 saturated heterocycles. The van der Waals surface area contributed by atoms with Crippen LogP contribution >= 0.6 is 0 Å². The normalized spacial score (nSPS) is 18.4. The van der Waals surface area contributed by atoms with E-state index in [1.165, 1.54) is 0 Å². The van der Waals surface area contributed by atoms with Gasteiger partial charge in [-0.25, -0.2) is 0 Å². The fourth-order valence-electron chi connectivity index (χ4n) is 2.91. The van der Waals surface area contributed by atoms with E-state index in [1.54, 1.807) is 6.92 Å². The predicted molar refractivity (Wildman–Crippen MR) is 87.1 cm³/mol. The molecule has 0 bridgehead atoms. The quantitative estimate of drug-likeness (QED) is 0.869. The maximum Gasteiger partial charge on any atom is 0.253 e. The van der Waals surface area contributed by atoms with Crippen molar-refractivity contribution in [3.8, 4) is 11.5 Å². The van der Waals surface area contributed by atoms with Crippen molar-refractivity contribution in [1.29, 1.82) is 0 Å². The molecule has 1 aromatic heterocycles. The highest BCUT2D eigenvalue weighted by Gasteiger charge is 2.25. The van der Waals surface area contributed by atoms with Crippen LogP contribution in [-0.4, -0.2) is 59.1 Å². The number of aryl methyl sites for hydroxylation is 1. The van der Waals surface area contributed by atoms with Crippen molar-refractivity contribution in [2.45, 2.75) is 25.8 Å². The summed E-state index contributed by atoms with van der Waals surface area (Å²) in [4.78, 5) is 16.8. The highest BCUT2D eigenvalue weighted by Crippen LogP contribution is 2.20. The van der Waals surface area contributed by atoms with Crippen LogP contribution in [0, 0.1) is 6.92 Å². The van der Waals surface area contributed by atoms with Gasteiger partial charge in [-0.3, -0.25) is 4.79 Å². The minimum absolute atomic E-state index is 0.0878. The van der Waals surface area contributed by atoms with Crippen molar-refractivity contribution in [1.82, 2.24) is 20.0 Å². The Balaban J connectivity index is 1.72. The average Bonchev–Trinajstić information content (AvgIpc) is 3.01. The number of carbonyl (C=O) groups excluding carboxylic acids is 1. The zero-order valence-electron chi connectivity index (χ0n) is 13.8. The van der Waals surface area contributed by atoms with Crippen LogP contribution in [0.5, 0.6) is 0 Å². The Morgan fingerprint density at radius 1 is 1.26 bits per heavy atom. The first-order valence-electron chi connectivity index (χ1n) is 7.91. The maximum absolute atomic E-state index is 12.7. The largest absolute Gasteiger partial charge is 0.421 e. The molecular weight excluding hydrogens is 292 g/mol. The molecule has 3 rings (SSSR count). The van der Waals surface area contributed by atoms with Crippen molar-refractivity contribution in [3.05, 3.63) is 35.7 Å². The van der Waals surface area contributed by atoms with Gasteiger partial charge in [0.25, 0.3) is 5.91 Å². The molecule has 1 aromatic carbocycles. The van der Waals surface area contributed by atoms with Crippen molar-refractivity contribution in [2.75, 3.05) is 27.2 Å². The summed E-state index contributed by atoms with van der Waals surface area (Å²) in [7, 11) is 4.14. The van der Waals surface area contributed by atoms with Gasteiger partial charge in [0, 0.05) is 37.2 Å². The Kier molecular flexibility index (Phi) is 4.43. The Morgan fingerprint density at radius 3 is 2.61 bits per heavy atom. The number of likely N-dealkylation sites (tertiary alicyclic amines) is 1. The number of likely N-dealkylation sites (N-methyl/N-ethyl adjacent to an activating group) is 1. The molecule has 0 spiro atoms. The molecule has 23 heavy (non-hydrogen) atoms. The van der Waals surface area contributed by atoms with E-state index >= 15 is 0 Å². The second-order valence-electron chi connectivity index (χ2n) is 6.21. The number of aromatic nitrogens is 2. The molecule has 2 heterocycles. The second-order valence-corrected chi connectivity index (χ2v) is 6.21. The Labute approximate surface area is 136 Å². The van der Waals surface area contributed by atoms with Gasteiger partial charge in [0.05, 0.1) is 0 Å². The minimum atomic E-state index is 0.0878. The van der Waals surface area contributed by atoms with Gasteiger partial charge in [0.15, 0.2) is 0 Å². The zero-order chi connectivity index (χ0) is 16.4. The number of rotatable bonds is 3. The third kappa shape index (κ3) is 3.42. The molecule has 2 aromatic rings. The summed E-state index contributed by atoms with van der Waals surface area (Å²) in [5, 5.41) is 7.81. The molecule has 0 radical (unpaired) electrons. The molecule has 0 saturated carbocycles. The number of nitrogens with zero attached hydrogens (tertiary/aromatic N) is 4. The Bertz CT molecular complexity index is 678. The Hall–Kier alpha value is -2.21. The highest BCUT2D eigenvalue weighted by atomic mass is 16.4. The van der Waals surface area contributed by atoms with E-state index < -0.39 is 0 Å². The number of amides is 1. The summed E-state index contributed by atoms with van der Waals surface area (Å²) in [6.45, 7) is 3.37. The fraction of sp³-hybridized carbons (Fsp3) is 0.471. The third-order valence-corrected chi connectivity index (χ3v) is 4.32. The molecule has 1 aliphatic heterocycles. The first kappa shape index (κ1) is 15.7. The van der Waals surface area contributed by atoms with Crippen LogP contribution in [0.4, 0.5) is 0 Å². The number of hydrogen-bond acceptors (Lipinski definition) is 5. The van der Waals surface area contributed by atoms with Crippen LogP contribution in [0.15, 0.2) is 28.7 Å². The van der Waals surface area contributed by atoms with Crippen molar-refractivity contribution in [2.24, 2.45) is 0 Å². The lowest BCUT2D eigenvalue weighted by atomic mass is 10.0. The van der Waals surface area contributed by atoms with Crippen LogP contribution in [0.25, 0.3) is 11.5 Å².